The maximum atomic E-state index is 11.0. The van der Waals surface area contributed by atoms with Crippen LogP contribution in [-0.2, 0) is 0 Å². The molecule has 0 bridgehead atoms. The van der Waals surface area contributed by atoms with Gasteiger partial charge in [0.25, 0.3) is 0 Å². The summed E-state index contributed by atoms with van der Waals surface area (Å²) in [4.78, 5) is 21.7. The number of aldehydes is 1. The molecule has 0 aliphatic carbocycles. The highest BCUT2D eigenvalue weighted by atomic mass is 16.4. The molecule has 0 aliphatic heterocycles. The van der Waals surface area contributed by atoms with Crippen LogP contribution >= 0.6 is 0 Å². The number of rotatable bonds is 1. The van der Waals surface area contributed by atoms with Crippen molar-refractivity contribution in [2.45, 2.75) is 0 Å². The van der Waals surface area contributed by atoms with E-state index in [-0.39, 0.29) is 11.1 Å². The minimum atomic E-state index is -0.897. The zero-order valence-electron chi connectivity index (χ0n) is 7.06. The van der Waals surface area contributed by atoms with Gasteiger partial charge in [0.1, 0.15) is 5.58 Å². The van der Waals surface area contributed by atoms with Gasteiger partial charge >= 0.3 is 5.63 Å². The van der Waals surface area contributed by atoms with Crippen molar-refractivity contribution in [1.82, 2.24) is 0 Å². The largest absolute Gasteiger partial charge is 0.501 e. The molecule has 1 aromatic heterocycles. The number of hydrogen-bond donors (Lipinski definition) is 1. The van der Waals surface area contributed by atoms with Gasteiger partial charge in [-0.05, 0) is 6.07 Å². The van der Waals surface area contributed by atoms with E-state index < -0.39 is 11.4 Å². The van der Waals surface area contributed by atoms with Crippen molar-refractivity contribution in [3.63, 3.8) is 0 Å². The summed E-state index contributed by atoms with van der Waals surface area (Å²) in [5.74, 6) is -0.640. The first-order valence-corrected chi connectivity index (χ1v) is 3.94. The van der Waals surface area contributed by atoms with Gasteiger partial charge in [-0.15, -0.1) is 0 Å². The van der Waals surface area contributed by atoms with Crippen molar-refractivity contribution >= 4 is 17.3 Å². The number of carbonyl (C=O) groups excluding carboxylic acids is 1. The molecule has 0 aliphatic rings. The number of fused-ring (bicyclic) bond motifs is 1. The molecule has 0 radical (unpaired) electrons. The number of hydrogen-bond acceptors (Lipinski definition) is 4. The van der Waals surface area contributed by atoms with Crippen LogP contribution in [0.15, 0.2) is 33.5 Å². The third-order valence-electron chi connectivity index (χ3n) is 1.95. The van der Waals surface area contributed by atoms with Gasteiger partial charge in [0.2, 0.25) is 5.75 Å². The van der Waals surface area contributed by atoms with E-state index in [0.29, 0.717) is 11.7 Å². The summed E-state index contributed by atoms with van der Waals surface area (Å²) in [5, 5.41) is 9.69. The van der Waals surface area contributed by atoms with Crippen LogP contribution in [0.5, 0.6) is 5.75 Å². The Kier molecular flexibility index (Phi) is 1.81. The molecule has 1 heterocycles. The van der Waals surface area contributed by atoms with Crippen molar-refractivity contribution in [2.24, 2.45) is 0 Å². The Labute approximate surface area is 78.4 Å². The monoisotopic (exact) mass is 190 g/mol. The Morgan fingerprint density at radius 1 is 1.29 bits per heavy atom. The highest BCUT2D eigenvalue weighted by molar-refractivity contribution is 5.97. The summed E-state index contributed by atoms with van der Waals surface area (Å²) < 4.78 is 4.77. The second kappa shape index (κ2) is 2.99. The summed E-state index contributed by atoms with van der Waals surface area (Å²) in [6.45, 7) is 0. The number of benzene rings is 1. The molecule has 1 aromatic carbocycles. The molecule has 4 heteroatoms. The van der Waals surface area contributed by atoms with Crippen LogP contribution < -0.4 is 5.63 Å². The van der Waals surface area contributed by atoms with Crippen LogP contribution in [0.25, 0.3) is 11.0 Å². The Hall–Kier alpha value is -2.10. The summed E-state index contributed by atoms with van der Waals surface area (Å²) in [6, 6.07) is 6.52. The molecule has 14 heavy (non-hydrogen) atoms. The maximum Gasteiger partial charge on any atom is 0.379 e. The minimum absolute atomic E-state index is 0.0307. The quantitative estimate of drug-likeness (QED) is 0.543. The van der Waals surface area contributed by atoms with E-state index in [4.69, 9.17) is 4.42 Å². The fourth-order valence-electron chi connectivity index (χ4n) is 1.28. The predicted molar refractivity (Wildman–Crippen MR) is 49.5 cm³/mol. The zero-order chi connectivity index (χ0) is 10.1. The molecule has 0 amide bonds. The molecule has 0 spiro atoms. The molecule has 2 rings (SSSR count). The van der Waals surface area contributed by atoms with E-state index in [1.165, 1.54) is 0 Å². The Bertz CT molecular complexity index is 554. The summed E-state index contributed by atoms with van der Waals surface area (Å²) >= 11 is 0. The Morgan fingerprint density at radius 2 is 2.00 bits per heavy atom. The number of carbonyl (C=O) groups is 1. The van der Waals surface area contributed by atoms with Crippen molar-refractivity contribution in [3.8, 4) is 5.75 Å². The lowest BCUT2D eigenvalue weighted by molar-refractivity contribution is 0.112. The molecule has 0 atom stereocenters. The third-order valence-corrected chi connectivity index (χ3v) is 1.95. The molecule has 0 saturated heterocycles. The fraction of sp³-hybridized carbons (Fsp3) is 0. The SMILES string of the molecule is O=Cc1c(O)c(=O)oc2ccccc12. The van der Waals surface area contributed by atoms with Gasteiger partial charge in [-0.25, -0.2) is 4.79 Å². The van der Waals surface area contributed by atoms with Crippen molar-refractivity contribution in [1.29, 1.82) is 0 Å². The van der Waals surface area contributed by atoms with Crippen LogP contribution in [0, 0.1) is 0 Å². The van der Waals surface area contributed by atoms with Crippen molar-refractivity contribution < 1.29 is 14.3 Å². The standard InChI is InChI=1S/C10H6O4/c11-5-7-6-3-1-2-4-8(6)14-10(13)9(7)12/h1-5,12H. The van der Waals surface area contributed by atoms with Crippen molar-refractivity contribution in [2.75, 3.05) is 0 Å². The molecule has 2 aromatic rings. The zero-order valence-corrected chi connectivity index (χ0v) is 7.06. The van der Waals surface area contributed by atoms with Crippen LogP contribution in [0.1, 0.15) is 10.4 Å². The summed E-state index contributed by atoms with van der Waals surface area (Å²) in [5.41, 5.74) is -0.639. The average Bonchev–Trinajstić information content (AvgIpc) is 2.20. The summed E-state index contributed by atoms with van der Waals surface area (Å²) in [6.07, 6.45) is 0.439. The van der Waals surface area contributed by atoms with E-state index in [1.54, 1.807) is 24.3 Å². The van der Waals surface area contributed by atoms with E-state index in [1.807, 2.05) is 0 Å². The molecule has 70 valence electrons. The lowest BCUT2D eigenvalue weighted by Crippen LogP contribution is -2.01. The lowest BCUT2D eigenvalue weighted by Gasteiger charge is -2.00. The van der Waals surface area contributed by atoms with Crippen LogP contribution in [0.2, 0.25) is 0 Å². The molecule has 4 nitrogen and oxygen atoms in total. The number of aromatic hydroxyl groups is 1. The van der Waals surface area contributed by atoms with Crippen LogP contribution in [0.3, 0.4) is 0 Å². The minimum Gasteiger partial charge on any atom is -0.501 e. The maximum absolute atomic E-state index is 11.0. The van der Waals surface area contributed by atoms with Gasteiger partial charge in [-0.2, -0.15) is 0 Å². The van der Waals surface area contributed by atoms with Crippen LogP contribution in [-0.4, -0.2) is 11.4 Å². The van der Waals surface area contributed by atoms with Crippen LogP contribution in [0.4, 0.5) is 0 Å². The topological polar surface area (TPSA) is 67.5 Å². The molecular weight excluding hydrogens is 184 g/mol. The van der Waals surface area contributed by atoms with Gasteiger partial charge in [0.05, 0.1) is 5.56 Å². The highest BCUT2D eigenvalue weighted by Gasteiger charge is 2.11. The molecule has 1 N–H and O–H groups in total. The predicted octanol–water partition coefficient (Wildman–Crippen LogP) is 1.31. The van der Waals surface area contributed by atoms with Crippen molar-refractivity contribution in [3.05, 3.63) is 40.2 Å². The van der Waals surface area contributed by atoms with E-state index in [2.05, 4.69) is 0 Å². The van der Waals surface area contributed by atoms with E-state index >= 15 is 0 Å². The average molecular weight is 190 g/mol. The van der Waals surface area contributed by atoms with Gasteiger partial charge < -0.3 is 9.52 Å². The molecule has 0 fully saturated rings. The normalized spacial score (nSPS) is 10.3. The lowest BCUT2D eigenvalue weighted by atomic mass is 10.1. The number of para-hydroxylation sites is 1. The molecule has 0 unspecified atom stereocenters. The fourth-order valence-corrected chi connectivity index (χ4v) is 1.28. The van der Waals surface area contributed by atoms with E-state index in [0.717, 1.165) is 0 Å². The van der Waals surface area contributed by atoms with Gasteiger partial charge in [0.15, 0.2) is 6.29 Å². The van der Waals surface area contributed by atoms with Gasteiger partial charge in [-0.1, -0.05) is 18.2 Å². The van der Waals surface area contributed by atoms with Gasteiger partial charge in [0, 0.05) is 5.39 Å². The second-order valence-electron chi connectivity index (χ2n) is 2.77. The van der Waals surface area contributed by atoms with E-state index in [9.17, 15) is 14.7 Å². The second-order valence-corrected chi connectivity index (χ2v) is 2.77. The highest BCUT2D eigenvalue weighted by Crippen LogP contribution is 2.21. The molecular formula is C10H6O4. The first-order chi connectivity index (χ1) is 6.74. The summed E-state index contributed by atoms with van der Waals surface area (Å²) in [7, 11) is 0. The Morgan fingerprint density at radius 3 is 2.71 bits per heavy atom. The third kappa shape index (κ3) is 1.08. The molecule has 0 saturated carbocycles. The Balaban J connectivity index is 3.03. The first-order valence-electron chi connectivity index (χ1n) is 3.94. The first kappa shape index (κ1) is 8.50. The van der Waals surface area contributed by atoms with Gasteiger partial charge in [-0.3, -0.25) is 4.79 Å². The smallest absolute Gasteiger partial charge is 0.379 e.